The lowest BCUT2D eigenvalue weighted by Gasteiger charge is -2.28. The van der Waals surface area contributed by atoms with Crippen LogP contribution in [0.3, 0.4) is 0 Å². The fraction of sp³-hybridized carbons (Fsp3) is 0.526. The van der Waals surface area contributed by atoms with Crippen molar-refractivity contribution in [2.75, 3.05) is 13.2 Å². The Balaban J connectivity index is 2.70. The topological polar surface area (TPSA) is 66.5 Å². The van der Waals surface area contributed by atoms with Gasteiger partial charge in [-0.2, -0.15) is 0 Å². The Morgan fingerprint density at radius 3 is 2.38 bits per heavy atom. The average molecular weight is 332 g/mol. The smallest absolute Gasteiger partial charge is 0.358 e. The molecule has 24 heavy (non-hydrogen) atoms. The number of para-hydroxylation sites is 1. The van der Waals surface area contributed by atoms with Crippen LogP contribution < -0.4 is 10.5 Å². The first kappa shape index (κ1) is 18.3. The molecule has 5 heteroatoms. The number of hydrogen-bond acceptors (Lipinski definition) is 4. The number of nitrogens with two attached hydrogens (primary N) is 1. The van der Waals surface area contributed by atoms with E-state index >= 15 is 0 Å². The lowest BCUT2D eigenvalue weighted by atomic mass is 9.94. The molecule has 5 nitrogen and oxygen atoms in total. The molecule has 0 bridgehead atoms. The lowest BCUT2D eigenvalue weighted by Crippen LogP contribution is -2.43. The van der Waals surface area contributed by atoms with Crippen molar-refractivity contribution in [1.82, 2.24) is 4.57 Å². The summed E-state index contributed by atoms with van der Waals surface area (Å²) in [5.41, 5.74) is 7.55. The van der Waals surface area contributed by atoms with Crippen LogP contribution in [0, 0.1) is 0 Å². The van der Waals surface area contributed by atoms with Gasteiger partial charge in [-0.15, -0.1) is 0 Å². The molecule has 0 atom stereocenters. The summed E-state index contributed by atoms with van der Waals surface area (Å²) < 4.78 is 13.1. The molecule has 2 rings (SSSR count). The second-order valence-corrected chi connectivity index (χ2v) is 6.00. The molecular weight excluding hydrogens is 304 g/mol. The number of rotatable bonds is 8. The Bertz CT molecular complexity index is 702. The summed E-state index contributed by atoms with van der Waals surface area (Å²) in [4.78, 5) is 12.6. The van der Waals surface area contributed by atoms with E-state index < -0.39 is 0 Å². The van der Waals surface area contributed by atoms with E-state index in [4.69, 9.17) is 15.2 Å². The number of hydrogen-bond donors (Lipinski definition) is 1. The van der Waals surface area contributed by atoms with Gasteiger partial charge in [0, 0.05) is 17.5 Å². The minimum Gasteiger partial charge on any atom is -0.491 e. The summed E-state index contributed by atoms with van der Waals surface area (Å²) in [5.74, 6) is 0.216. The van der Waals surface area contributed by atoms with E-state index in [1.54, 1.807) is 6.92 Å². The van der Waals surface area contributed by atoms with Crippen LogP contribution in [0.1, 0.15) is 51.0 Å². The molecule has 0 aliphatic carbocycles. The normalized spacial score (nSPS) is 11.7. The first-order valence-electron chi connectivity index (χ1n) is 8.71. The van der Waals surface area contributed by atoms with Gasteiger partial charge in [-0.1, -0.05) is 26.0 Å². The summed E-state index contributed by atoms with van der Waals surface area (Å²) in [6, 6.07) is 7.86. The molecular formula is C19H28N2O3. The summed E-state index contributed by atoms with van der Waals surface area (Å²) in [5, 5.41) is 0.914. The molecule has 0 saturated carbocycles. The van der Waals surface area contributed by atoms with E-state index in [9.17, 15) is 4.79 Å². The van der Waals surface area contributed by atoms with Gasteiger partial charge in [0.15, 0.2) is 11.4 Å². The van der Waals surface area contributed by atoms with Gasteiger partial charge in [-0.05, 0) is 38.8 Å². The molecule has 0 radical (unpaired) electrons. The average Bonchev–Trinajstić information content (AvgIpc) is 2.89. The summed E-state index contributed by atoms with van der Waals surface area (Å²) in [7, 11) is 0. The highest BCUT2D eigenvalue weighted by Gasteiger charge is 2.29. The van der Waals surface area contributed by atoms with Crippen LogP contribution in [0.4, 0.5) is 0 Å². The Hall–Kier alpha value is -2.01. The van der Waals surface area contributed by atoms with Gasteiger partial charge in [0.1, 0.15) is 0 Å². The van der Waals surface area contributed by atoms with Gasteiger partial charge >= 0.3 is 5.97 Å². The lowest BCUT2D eigenvalue weighted by molar-refractivity contribution is 0.0508. The van der Waals surface area contributed by atoms with Crippen molar-refractivity contribution in [3.05, 3.63) is 30.0 Å². The highest BCUT2D eigenvalue weighted by molar-refractivity contribution is 6.01. The zero-order chi connectivity index (χ0) is 17.7. The van der Waals surface area contributed by atoms with Crippen LogP contribution in [-0.2, 0) is 11.3 Å². The first-order valence-corrected chi connectivity index (χ1v) is 8.71. The van der Waals surface area contributed by atoms with Crippen molar-refractivity contribution in [1.29, 1.82) is 0 Å². The molecule has 0 spiro atoms. The van der Waals surface area contributed by atoms with Gasteiger partial charge in [-0.25, -0.2) is 4.79 Å². The van der Waals surface area contributed by atoms with Crippen LogP contribution in [-0.4, -0.2) is 29.3 Å². The van der Waals surface area contributed by atoms with E-state index in [0.29, 0.717) is 31.2 Å². The van der Waals surface area contributed by atoms with Crippen LogP contribution in [0.5, 0.6) is 5.75 Å². The predicted octanol–water partition coefficient (Wildman–Crippen LogP) is 3.73. The van der Waals surface area contributed by atoms with Crippen molar-refractivity contribution >= 4 is 16.9 Å². The SMILES string of the molecule is CCOC(=O)c1c(OCC)c2ccccc2n1CC(N)(CC)CC. The number of esters is 1. The zero-order valence-corrected chi connectivity index (χ0v) is 15.1. The van der Waals surface area contributed by atoms with Crippen LogP contribution in [0.15, 0.2) is 24.3 Å². The van der Waals surface area contributed by atoms with E-state index in [1.807, 2.05) is 35.8 Å². The Kier molecular flexibility index (Phi) is 5.89. The molecule has 1 aromatic heterocycles. The summed E-state index contributed by atoms with van der Waals surface area (Å²) >= 11 is 0. The molecule has 132 valence electrons. The minimum atomic E-state index is -0.382. The predicted molar refractivity (Wildman–Crippen MR) is 96.6 cm³/mol. The molecule has 1 aromatic carbocycles. The Labute approximate surface area is 143 Å². The van der Waals surface area contributed by atoms with E-state index in [0.717, 1.165) is 23.7 Å². The number of carbonyl (C=O) groups is 1. The molecule has 2 N–H and O–H groups in total. The quantitative estimate of drug-likeness (QED) is 0.748. The number of carbonyl (C=O) groups excluding carboxylic acids is 1. The monoisotopic (exact) mass is 332 g/mol. The molecule has 0 fully saturated rings. The van der Waals surface area contributed by atoms with E-state index in [-0.39, 0.29) is 11.5 Å². The van der Waals surface area contributed by atoms with Gasteiger partial charge < -0.3 is 19.8 Å². The Morgan fingerprint density at radius 1 is 1.12 bits per heavy atom. The molecule has 1 heterocycles. The van der Waals surface area contributed by atoms with Gasteiger partial charge in [0.2, 0.25) is 0 Å². The molecule has 2 aromatic rings. The number of aromatic nitrogens is 1. The number of ether oxygens (including phenoxy) is 2. The van der Waals surface area contributed by atoms with Crippen molar-refractivity contribution in [3.8, 4) is 5.75 Å². The van der Waals surface area contributed by atoms with E-state index in [1.165, 1.54) is 0 Å². The molecule has 0 aliphatic rings. The third kappa shape index (κ3) is 3.41. The van der Waals surface area contributed by atoms with Crippen molar-refractivity contribution in [3.63, 3.8) is 0 Å². The standard InChI is InChI=1S/C19H28N2O3/c1-5-19(20,6-2)13-21-15-12-10-9-11-14(15)17(23-7-3)16(21)18(22)24-8-4/h9-12H,5-8,13,20H2,1-4H3. The zero-order valence-electron chi connectivity index (χ0n) is 15.1. The van der Waals surface area contributed by atoms with Gasteiger partial charge in [-0.3, -0.25) is 0 Å². The summed E-state index contributed by atoms with van der Waals surface area (Å²) in [6.45, 7) is 9.20. The highest BCUT2D eigenvalue weighted by Crippen LogP contribution is 2.35. The first-order chi connectivity index (χ1) is 11.5. The number of nitrogens with zero attached hydrogens (tertiary/aromatic N) is 1. The maximum Gasteiger partial charge on any atom is 0.358 e. The van der Waals surface area contributed by atoms with Crippen molar-refractivity contribution < 1.29 is 14.3 Å². The van der Waals surface area contributed by atoms with Crippen LogP contribution in [0.25, 0.3) is 10.9 Å². The molecule has 0 amide bonds. The second kappa shape index (κ2) is 7.71. The van der Waals surface area contributed by atoms with Crippen molar-refractivity contribution in [2.24, 2.45) is 5.73 Å². The largest absolute Gasteiger partial charge is 0.491 e. The number of benzene rings is 1. The molecule has 0 aliphatic heterocycles. The maximum absolute atomic E-state index is 12.6. The molecule has 0 saturated heterocycles. The van der Waals surface area contributed by atoms with Crippen LogP contribution >= 0.6 is 0 Å². The fourth-order valence-electron chi connectivity index (χ4n) is 2.92. The van der Waals surface area contributed by atoms with Gasteiger partial charge in [0.05, 0.1) is 18.7 Å². The Morgan fingerprint density at radius 2 is 1.79 bits per heavy atom. The minimum absolute atomic E-state index is 0.321. The van der Waals surface area contributed by atoms with Crippen LogP contribution in [0.2, 0.25) is 0 Å². The van der Waals surface area contributed by atoms with Crippen molar-refractivity contribution in [2.45, 2.75) is 52.6 Å². The molecule has 0 unspecified atom stereocenters. The van der Waals surface area contributed by atoms with E-state index in [2.05, 4.69) is 13.8 Å². The van der Waals surface area contributed by atoms with Gasteiger partial charge in [0.25, 0.3) is 0 Å². The second-order valence-electron chi connectivity index (χ2n) is 6.00. The maximum atomic E-state index is 12.6. The fourth-order valence-corrected chi connectivity index (χ4v) is 2.92. The third-order valence-electron chi connectivity index (χ3n) is 4.56. The highest BCUT2D eigenvalue weighted by atomic mass is 16.5. The summed E-state index contributed by atoms with van der Waals surface area (Å²) in [6.07, 6.45) is 1.64. The number of fused-ring (bicyclic) bond motifs is 1. The third-order valence-corrected chi connectivity index (χ3v) is 4.56.